The minimum Gasteiger partial charge on any atom is -0.490 e. The number of halogens is 4. The van der Waals surface area contributed by atoms with Gasteiger partial charge in [0.1, 0.15) is 0 Å². The van der Waals surface area contributed by atoms with Gasteiger partial charge in [0, 0.05) is 12.2 Å². The van der Waals surface area contributed by atoms with Crippen LogP contribution in [0.2, 0.25) is 0 Å². The Morgan fingerprint density at radius 3 is 1.85 bits per heavy atom. The summed E-state index contributed by atoms with van der Waals surface area (Å²) in [5.74, 6) is -3.13. The largest absolute Gasteiger partial charge is 0.490 e. The number of benzene rings is 2. The van der Waals surface area contributed by atoms with Crippen molar-refractivity contribution >= 4 is 6.08 Å². The van der Waals surface area contributed by atoms with Crippen LogP contribution >= 0.6 is 0 Å². The molecule has 2 fully saturated rings. The normalized spacial score (nSPS) is 23.6. The van der Waals surface area contributed by atoms with Crippen LogP contribution in [0.25, 0.3) is 6.08 Å². The minimum atomic E-state index is -0.962. The van der Waals surface area contributed by atoms with E-state index in [0.29, 0.717) is 17.7 Å². The van der Waals surface area contributed by atoms with E-state index in [4.69, 9.17) is 9.47 Å². The molecule has 0 aromatic heterocycles. The first kappa shape index (κ1) is 30.6. The maximum absolute atomic E-state index is 15.3. The van der Waals surface area contributed by atoms with E-state index in [1.54, 1.807) is 18.2 Å². The van der Waals surface area contributed by atoms with Gasteiger partial charge in [-0.05, 0) is 105 Å². The van der Waals surface area contributed by atoms with E-state index in [0.717, 1.165) is 83.7 Å². The Labute approximate surface area is 237 Å². The minimum absolute atomic E-state index is 0.0374. The van der Waals surface area contributed by atoms with E-state index in [1.807, 2.05) is 13.0 Å². The van der Waals surface area contributed by atoms with Crippen molar-refractivity contribution in [1.82, 2.24) is 0 Å². The molecule has 0 spiro atoms. The molecule has 0 bridgehead atoms. The van der Waals surface area contributed by atoms with Gasteiger partial charge in [0.2, 0.25) is 5.82 Å². The molecule has 6 heteroatoms. The molecule has 0 unspecified atom stereocenters. The van der Waals surface area contributed by atoms with Crippen molar-refractivity contribution in [2.75, 3.05) is 13.2 Å². The first-order valence-corrected chi connectivity index (χ1v) is 15.3. The Kier molecular flexibility index (Phi) is 11.5. The van der Waals surface area contributed by atoms with Crippen LogP contribution in [0.3, 0.4) is 0 Å². The molecule has 0 atom stereocenters. The first-order valence-electron chi connectivity index (χ1n) is 15.3. The molecule has 0 saturated heterocycles. The summed E-state index contributed by atoms with van der Waals surface area (Å²) in [6.45, 7) is 5.28. The number of rotatable bonds is 12. The predicted octanol–water partition coefficient (Wildman–Crippen LogP) is 10.3. The second-order valence-electron chi connectivity index (χ2n) is 11.5. The lowest BCUT2D eigenvalue weighted by atomic mass is 9.77. The van der Waals surface area contributed by atoms with Crippen molar-refractivity contribution in [2.45, 2.75) is 109 Å². The average molecular weight is 561 g/mol. The van der Waals surface area contributed by atoms with Crippen LogP contribution in [-0.2, 0) is 4.74 Å². The molecule has 2 aromatic carbocycles. The summed E-state index contributed by atoms with van der Waals surface area (Å²) in [6.07, 6.45) is 14.1. The molecule has 0 aliphatic heterocycles. The van der Waals surface area contributed by atoms with Gasteiger partial charge in [0.15, 0.2) is 23.2 Å². The summed E-state index contributed by atoms with van der Waals surface area (Å²) in [5.41, 5.74) is 1.15. The highest BCUT2D eigenvalue weighted by molar-refractivity contribution is 5.52. The van der Waals surface area contributed by atoms with Gasteiger partial charge in [-0.3, -0.25) is 0 Å². The standard InChI is InChI=1S/C34H44F4O2/c1-3-5-21-39-27-16-13-25(14-17-27)29-19-18-28(32(36)33(29)37)24-10-7-23(8-11-24)9-12-26-15-20-30(34(38)31(26)35)40-22-6-4-2/h9,12,15,18-20,23-25,27H,3-8,10-11,13-14,16-17,21-22H2,1-2H3/b12-9+. The van der Waals surface area contributed by atoms with E-state index >= 15 is 8.78 Å². The molecule has 220 valence electrons. The van der Waals surface area contributed by atoms with Crippen LogP contribution in [0.1, 0.15) is 119 Å². The van der Waals surface area contributed by atoms with Crippen molar-refractivity contribution in [3.05, 3.63) is 70.3 Å². The second-order valence-corrected chi connectivity index (χ2v) is 11.5. The molecule has 2 nitrogen and oxygen atoms in total. The number of ether oxygens (including phenoxy) is 2. The van der Waals surface area contributed by atoms with Gasteiger partial charge in [-0.1, -0.05) is 51.0 Å². The zero-order valence-corrected chi connectivity index (χ0v) is 24.0. The van der Waals surface area contributed by atoms with Crippen molar-refractivity contribution in [2.24, 2.45) is 5.92 Å². The van der Waals surface area contributed by atoms with Crippen molar-refractivity contribution in [3.63, 3.8) is 0 Å². The SMILES string of the molecule is CCCCOc1ccc(/C=C/C2CCC(c3ccc(C4CCC(OCCCC)CC4)c(F)c3F)CC2)c(F)c1F. The van der Waals surface area contributed by atoms with E-state index in [-0.39, 0.29) is 35.2 Å². The lowest BCUT2D eigenvalue weighted by Gasteiger charge is -2.30. The van der Waals surface area contributed by atoms with E-state index in [1.165, 1.54) is 12.1 Å². The topological polar surface area (TPSA) is 18.5 Å². The summed E-state index contributed by atoms with van der Waals surface area (Å²) >= 11 is 0. The lowest BCUT2D eigenvalue weighted by molar-refractivity contribution is 0.0230. The molecule has 2 saturated carbocycles. The monoisotopic (exact) mass is 560 g/mol. The molecule has 2 aliphatic carbocycles. The smallest absolute Gasteiger partial charge is 0.201 e. The average Bonchev–Trinajstić information content (AvgIpc) is 2.97. The van der Waals surface area contributed by atoms with E-state index in [9.17, 15) is 8.78 Å². The zero-order chi connectivity index (χ0) is 28.5. The maximum atomic E-state index is 15.3. The van der Waals surface area contributed by atoms with Gasteiger partial charge in [0.25, 0.3) is 0 Å². The lowest BCUT2D eigenvalue weighted by Crippen LogP contribution is -2.22. The van der Waals surface area contributed by atoms with Gasteiger partial charge < -0.3 is 9.47 Å². The Bertz CT molecular complexity index is 1120. The third-order valence-electron chi connectivity index (χ3n) is 8.70. The number of unbranched alkanes of at least 4 members (excludes halogenated alkanes) is 2. The van der Waals surface area contributed by atoms with Gasteiger partial charge in [-0.2, -0.15) is 4.39 Å². The fraction of sp³-hybridized carbons (Fsp3) is 0.588. The molecule has 40 heavy (non-hydrogen) atoms. The molecule has 0 amide bonds. The van der Waals surface area contributed by atoms with Crippen LogP contribution < -0.4 is 4.74 Å². The summed E-state index contributed by atoms with van der Waals surface area (Å²) in [4.78, 5) is 0. The molecule has 0 N–H and O–H groups in total. The Hall–Kier alpha value is -2.34. The molecule has 2 aromatic rings. The van der Waals surface area contributed by atoms with Crippen LogP contribution in [-0.4, -0.2) is 19.3 Å². The van der Waals surface area contributed by atoms with Crippen LogP contribution in [0.5, 0.6) is 5.75 Å². The summed E-state index contributed by atoms with van der Waals surface area (Å²) < 4.78 is 70.7. The van der Waals surface area contributed by atoms with Crippen LogP contribution in [0.15, 0.2) is 30.3 Å². The summed E-state index contributed by atoms with van der Waals surface area (Å²) in [6, 6.07) is 6.60. The Morgan fingerprint density at radius 1 is 0.675 bits per heavy atom. The van der Waals surface area contributed by atoms with Gasteiger partial charge >= 0.3 is 0 Å². The zero-order valence-electron chi connectivity index (χ0n) is 24.0. The highest BCUT2D eigenvalue weighted by atomic mass is 19.2. The molecule has 0 heterocycles. The molecule has 0 radical (unpaired) electrons. The number of hydrogen-bond acceptors (Lipinski definition) is 2. The fourth-order valence-electron chi connectivity index (χ4n) is 6.12. The third kappa shape index (κ3) is 7.69. The fourth-order valence-corrected chi connectivity index (χ4v) is 6.12. The molecule has 2 aliphatic rings. The van der Waals surface area contributed by atoms with Gasteiger partial charge in [-0.15, -0.1) is 0 Å². The quantitative estimate of drug-likeness (QED) is 0.190. The van der Waals surface area contributed by atoms with Crippen molar-refractivity contribution in [1.29, 1.82) is 0 Å². The van der Waals surface area contributed by atoms with Gasteiger partial charge in [-0.25, -0.2) is 13.2 Å². The highest BCUT2D eigenvalue weighted by Gasteiger charge is 2.29. The van der Waals surface area contributed by atoms with Crippen molar-refractivity contribution < 1.29 is 27.0 Å². The molecular formula is C34H44F4O2. The third-order valence-corrected chi connectivity index (χ3v) is 8.70. The predicted molar refractivity (Wildman–Crippen MR) is 153 cm³/mol. The van der Waals surface area contributed by atoms with Crippen molar-refractivity contribution in [3.8, 4) is 5.75 Å². The van der Waals surface area contributed by atoms with Crippen LogP contribution in [0.4, 0.5) is 17.6 Å². The first-order chi connectivity index (χ1) is 19.4. The number of hydrogen-bond donors (Lipinski definition) is 0. The highest BCUT2D eigenvalue weighted by Crippen LogP contribution is 2.41. The van der Waals surface area contributed by atoms with E-state index in [2.05, 4.69) is 6.92 Å². The van der Waals surface area contributed by atoms with Gasteiger partial charge in [0.05, 0.1) is 12.7 Å². The van der Waals surface area contributed by atoms with E-state index < -0.39 is 23.3 Å². The maximum Gasteiger partial charge on any atom is 0.201 e. The Balaban J connectivity index is 1.31. The second kappa shape index (κ2) is 15.0. The molecular weight excluding hydrogens is 516 g/mol. The number of allylic oxidation sites excluding steroid dienone is 1. The molecule has 4 rings (SSSR count). The Morgan fingerprint density at radius 2 is 1.25 bits per heavy atom. The summed E-state index contributed by atoms with van der Waals surface area (Å²) in [7, 11) is 0. The summed E-state index contributed by atoms with van der Waals surface area (Å²) in [5, 5.41) is 0. The van der Waals surface area contributed by atoms with Crippen LogP contribution in [0, 0.1) is 29.2 Å².